The maximum atomic E-state index is 11.7. The van der Waals surface area contributed by atoms with Gasteiger partial charge in [0.2, 0.25) is 0 Å². The van der Waals surface area contributed by atoms with Crippen molar-refractivity contribution in [1.29, 1.82) is 0 Å². The first kappa shape index (κ1) is 10.4. The van der Waals surface area contributed by atoms with Crippen LogP contribution in [0.2, 0.25) is 0 Å². The predicted molar refractivity (Wildman–Crippen MR) is 61.4 cm³/mol. The Morgan fingerprint density at radius 1 is 1.40 bits per heavy atom. The van der Waals surface area contributed by atoms with Crippen LogP contribution < -0.4 is 5.32 Å². The summed E-state index contributed by atoms with van der Waals surface area (Å²) in [7, 11) is 0. The number of anilines is 1. The first-order chi connectivity index (χ1) is 7.16. The van der Waals surface area contributed by atoms with E-state index in [1.165, 1.54) is 11.3 Å². The quantitative estimate of drug-likeness (QED) is 0.797. The molecule has 1 aliphatic heterocycles. The normalized spacial score (nSPS) is 15.7. The van der Waals surface area contributed by atoms with Gasteiger partial charge in [-0.05, 0) is 26.7 Å². The lowest BCUT2D eigenvalue weighted by atomic mass is 10.4. The van der Waals surface area contributed by atoms with E-state index in [0.717, 1.165) is 36.5 Å². The third-order valence-electron chi connectivity index (χ3n) is 2.64. The van der Waals surface area contributed by atoms with Crippen LogP contribution in [0.4, 0.5) is 9.93 Å². The highest BCUT2D eigenvalue weighted by atomic mass is 32.1. The van der Waals surface area contributed by atoms with Crippen LogP contribution in [-0.2, 0) is 0 Å². The van der Waals surface area contributed by atoms with Crippen molar-refractivity contribution < 1.29 is 4.79 Å². The Kier molecular flexibility index (Phi) is 2.90. The van der Waals surface area contributed by atoms with Crippen molar-refractivity contribution in [3.05, 3.63) is 10.6 Å². The summed E-state index contributed by atoms with van der Waals surface area (Å²) in [5, 5.41) is 3.55. The zero-order chi connectivity index (χ0) is 10.8. The summed E-state index contributed by atoms with van der Waals surface area (Å²) in [4.78, 5) is 19.0. The van der Waals surface area contributed by atoms with Crippen molar-refractivity contribution in [2.45, 2.75) is 26.7 Å². The van der Waals surface area contributed by atoms with Crippen LogP contribution in [0.25, 0.3) is 0 Å². The lowest BCUT2D eigenvalue weighted by Crippen LogP contribution is -2.32. The van der Waals surface area contributed by atoms with Crippen molar-refractivity contribution in [2.75, 3.05) is 18.4 Å². The van der Waals surface area contributed by atoms with Crippen LogP contribution in [0.3, 0.4) is 0 Å². The molecule has 0 unspecified atom stereocenters. The Balaban J connectivity index is 1.99. The smallest absolute Gasteiger partial charge is 0.323 e. The minimum atomic E-state index is -0.0127. The molecule has 0 aliphatic carbocycles. The number of carbonyl (C=O) groups excluding carboxylic acids is 1. The van der Waals surface area contributed by atoms with E-state index in [0.29, 0.717) is 5.13 Å². The molecule has 82 valence electrons. The van der Waals surface area contributed by atoms with Crippen molar-refractivity contribution in [3.63, 3.8) is 0 Å². The summed E-state index contributed by atoms with van der Waals surface area (Å²) in [6.07, 6.45) is 2.23. The third kappa shape index (κ3) is 2.28. The van der Waals surface area contributed by atoms with Gasteiger partial charge in [-0.15, -0.1) is 11.3 Å². The number of amides is 2. The molecule has 5 heteroatoms. The minimum Gasteiger partial charge on any atom is -0.324 e. The van der Waals surface area contributed by atoms with Crippen LogP contribution in [0.15, 0.2) is 0 Å². The highest BCUT2D eigenvalue weighted by Crippen LogP contribution is 2.21. The first-order valence-corrected chi connectivity index (χ1v) is 5.98. The highest BCUT2D eigenvalue weighted by Gasteiger charge is 2.18. The molecule has 0 aromatic carbocycles. The van der Waals surface area contributed by atoms with Gasteiger partial charge in [-0.3, -0.25) is 5.32 Å². The summed E-state index contributed by atoms with van der Waals surface area (Å²) in [6, 6.07) is -0.0127. The number of thiazole rings is 1. The molecule has 2 amide bonds. The molecule has 0 bridgehead atoms. The van der Waals surface area contributed by atoms with E-state index in [1.54, 1.807) is 0 Å². The number of rotatable bonds is 1. The summed E-state index contributed by atoms with van der Waals surface area (Å²) >= 11 is 1.53. The number of aryl methyl sites for hydroxylation is 2. The van der Waals surface area contributed by atoms with E-state index >= 15 is 0 Å². The van der Waals surface area contributed by atoms with Gasteiger partial charge in [-0.2, -0.15) is 0 Å². The summed E-state index contributed by atoms with van der Waals surface area (Å²) in [5.74, 6) is 0. The van der Waals surface area contributed by atoms with Crippen LogP contribution in [-0.4, -0.2) is 29.0 Å². The van der Waals surface area contributed by atoms with Gasteiger partial charge in [0.1, 0.15) is 0 Å². The van der Waals surface area contributed by atoms with E-state index in [1.807, 2.05) is 18.7 Å². The second kappa shape index (κ2) is 4.18. The second-order valence-corrected chi connectivity index (χ2v) is 4.99. The molecule has 1 aromatic heterocycles. The second-order valence-electron chi connectivity index (χ2n) is 3.78. The number of nitrogens with one attached hydrogen (secondary N) is 1. The van der Waals surface area contributed by atoms with E-state index < -0.39 is 0 Å². The molecule has 0 atom stereocenters. The van der Waals surface area contributed by atoms with Gasteiger partial charge in [0.15, 0.2) is 5.13 Å². The summed E-state index contributed by atoms with van der Waals surface area (Å²) < 4.78 is 0. The highest BCUT2D eigenvalue weighted by molar-refractivity contribution is 7.15. The Labute approximate surface area is 93.3 Å². The van der Waals surface area contributed by atoms with Gasteiger partial charge in [-0.1, -0.05) is 0 Å². The topological polar surface area (TPSA) is 45.2 Å². The summed E-state index contributed by atoms with van der Waals surface area (Å²) in [6.45, 7) is 5.71. The molecule has 1 N–H and O–H groups in total. The monoisotopic (exact) mass is 225 g/mol. The van der Waals surface area contributed by atoms with Gasteiger partial charge < -0.3 is 4.90 Å². The number of likely N-dealkylation sites (tertiary alicyclic amines) is 1. The maximum Gasteiger partial charge on any atom is 0.323 e. The fourth-order valence-corrected chi connectivity index (χ4v) is 2.42. The van der Waals surface area contributed by atoms with Crippen LogP contribution in [0.5, 0.6) is 0 Å². The average molecular weight is 225 g/mol. The fraction of sp³-hybridized carbons (Fsp3) is 0.600. The molecular weight excluding hydrogens is 210 g/mol. The molecule has 0 saturated carbocycles. The fourth-order valence-electron chi connectivity index (χ4n) is 1.62. The lowest BCUT2D eigenvalue weighted by molar-refractivity contribution is 0.222. The van der Waals surface area contributed by atoms with Gasteiger partial charge >= 0.3 is 6.03 Å². The number of hydrogen-bond acceptors (Lipinski definition) is 3. The first-order valence-electron chi connectivity index (χ1n) is 5.17. The zero-order valence-corrected chi connectivity index (χ0v) is 9.86. The molecule has 1 aromatic rings. The van der Waals surface area contributed by atoms with E-state index in [-0.39, 0.29) is 6.03 Å². The van der Waals surface area contributed by atoms with Gasteiger partial charge in [0, 0.05) is 18.0 Å². The SMILES string of the molecule is Cc1nc(NC(=O)N2CCCC2)sc1C. The van der Waals surface area contributed by atoms with Crippen LogP contribution >= 0.6 is 11.3 Å². The standard InChI is InChI=1S/C10H15N3OS/c1-7-8(2)15-9(11-7)12-10(14)13-5-3-4-6-13/h3-6H2,1-2H3,(H,11,12,14). The number of urea groups is 1. The van der Waals surface area contributed by atoms with E-state index in [9.17, 15) is 4.79 Å². The minimum absolute atomic E-state index is 0.0127. The average Bonchev–Trinajstić information content (AvgIpc) is 2.77. The molecule has 15 heavy (non-hydrogen) atoms. The van der Waals surface area contributed by atoms with E-state index in [4.69, 9.17) is 0 Å². The van der Waals surface area contributed by atoms with Crippen molar-refractivity contribution in [1.82, 2.24) is 9.88 Å². The number of aromatic nitrogens is 1. The molecule has 2 rings (SSSR count). The Morgan fingerprint density at radius 2 is 2.07 bits per heavy atom. The molecule has 0 spiro atoms. The van der Waals surface area contributed by atoms with Gasteiger partial charge in [0.05, 0.1) is 5.69 Å². The number of nitrogens with zero attached hydrogens (tertiary/aromatic N) is 2. The Hall–Kier alpha value is -1.10. The van der Waals surface area contributed by atoms with Crippen molar-refractivity contribution in [2.24, 2.45) is 0 Å². The number of carbonyl (C=O) groups is 1. The lowest BCUT2D eigenvalue weighted by Gasteiger charge is -2.14. The maximum absolute atomic E-state index is 11.7. The zero-order valence-electron chi connectivity index (χ0n) is 9.04. The van der Waals surface area contributed by atoms with Gasteiger partial charge in [-0.25, -0.2) is 9.78 Å². The molecule has 4 nitrogen and oxygen atoms in total. The van der Waals surface area contributed by atoms with Crippen LogP contribution in [0, 0.1) is 13.8 Å². The summed E-state index contributed by atoms with van der Waals surface area (Å²) in [5.41, 5.74) is 0.997. The molecule has 1 aliphatic rings. The van der Waals surface area contributed by atoms with Gasteiger partial charge in [0.25, 0.3) is 0 Å². The predicted octanol–water partition coefficient (Wildman–Crippen LogP) is 2.39. The van der Waals surface area contributed by atoms with Crippen molar-refractivity contribution >= 4 is 22.5 Å². The third-order valence-corrected chi connectivity index (χ3v) is 3.62. The Bertz CT molecular complexity index is 349. The molecule has 1 fully saturated rings. The Morgan fingerprint density at radius 3 is 2.60 bits per heavy atom. The number of hydrogen-bond donors (Lipinski definition) is 1. The van der Waals surface area contributed by atoms with E-state index in [2.05, 4.69) is 10.3 Å². The van der Waals surface area contributed by atoms with Crippen LogP contribution in [0.1, 0.15) is 23.4 Å². The molecule has 2 heterocycles. The largest absolute Gasteiger partial charge is 0.324 e. The van der Waals surface area contributed by atoms with Crippen molar-refractivity contribution in [3.8, 4) is 0 Å². The molecule has 1 saturated heterocycles. The molecular formula is C10H15N3OS. The molecule has 0 radical (unpaired) electrons.